The quantitative estimate of drug-likeness (QED) is 0.775. The second-order valence-electron chi connectivity index (χ2n) is 3.86. The zero-order chi connectivity index (χ0) is 12.0. The lowest BCUT2D eigenvalue weighted by Gasteiger charge is -2.12. The van der Waals surface area contributed by atoms with E-state index in [0.29, 0.717) is 0 Å². The van der Waals surface area contributed by atoms with Crippen LogP contribution in [0.3, 0.4) is 0 Å². The second-order valence-corrected chi connectivity index (χ2v) is 5.25. The predicted octanol–water partition coefficient (Wildman–Crippen LogP) is 3.15. The molecule has 90 valence electrons. The van der Waals surface area contributed by atoms with Gasteiger partial charge in [0.2, 0.25) is 0 Å². The zero-order valence-corrected chi connectivity index (χ0v) is 11.1. The van der Waals surface area contributed by atoms with Gasteiger partial charge < -0.3 is 10.5 Å². The summed E-state index contributed by atoms with van der Waals surface area (Å²) in [5, 5.41) is 0. The lowest BCUT2D eigenvalue weighted by molar-refractivity contribution is 0.341. The van der Waals surface area contributed by atoms with Gasteiger partial charge in [-0.1, -0.05) is 19.1 Å². The summed E-state index contributed by atoms with van der Waals surface area (Å²) in [6.07, 6.45) is 0. The van der Waals surface area contributed by atoms with Crippen LogP contribution in [0.5, 0.6) is 5.75 Å². The number of ether oxygens (including phenoxy) is 1. The van der Waals surface area contributed by atoms with E-state index in [1.165, 1.54) is 0 Å². The van der Waals surface area contributed by atoms with Crippen LogP contribution in [-0.4, -0.2) is 18.1 Å². The minimum Gasteiger partial charge on any atom is -0.492 e. The molecule has 0 saturated heterocycles. The molecule has 0 bridgehead atoms. The minimum absolute atomic E-state index is 0.0865. The van der Waals surface area contributed by atoms with Crippen LogP contribution in [0, 0.1) is 6.92 Å². The van der Waals surface area contributed by atoms with Crippen molar-refractivity contribution in [2.45, 2.75) is 26.8 Å². The summed E-state index contributed by atoms with van der Waals surface area (Å²) in [4.78, 5) is 0. The molecule has 0 aromatic heterocycles. The van der Waals surface area contributed by atoms with E-state index in [4.69, 9.17) is 10.5 Å². The molecule has 1 aromatic carbocycles. The Morgan fingerprint density at radius 1 is 1.44 bits per heavy atom. The topological polar surface area (TPSA) is 35.2 Å². The van der Waals surface area contributed by atoms with Crippen LogP contribution in [0.1, 0.15) is 31.0 Å². The van der Waals surface area contributed by atoms with Crippen molar-refractivity contribution in [2.24, 2.45) is 5.73 Å². The van der Waals surface area contributed by atoms with Crippen LogP contribution in [0.2, 0.25) is 0 Å². The SMILES string of the molecule is CCSCCOc1ccc(C(C)N)cc1C. The summed E-state index contributed by atoms with van der Waals surface area (Å²) < 4.78 is 5.71. The highest BCUT2D eigenvalue weighted by atomic mass is 32.2. The molecule has 2 nitrogen and oxygen atoms in total. The Kier molecular flexibility index (Phi) is 5.71. The molecule has 1 unspecified atom stereocenters. The number of thioether (sulfide) groups is 1. The van der Waals surface area contributed by atoms with Crippen molar-refractivity contribution in [3.63, 3.8) is 0 Å². The molecule has 0 aliphatic rings. The molecule has 1 rings (SSSR count). The molecule has 0 amide bonds. The fourth-order valence-corrected chi connectivity index (χ4v) is 1.96. The van der Waals surface area contributed by atoms with E-state index in [2.05, 4.69) is 19.9 Å². The number of hydrogen-bond donors (Lipinski definition) is 1. The Morgan fingerprint density at radius 2 is 2.19 bits per heavy atom. The summed E-state index contributed by atoms with van der Waals surface area (Å²) in [6.45, 7) is 6.99. The zero-order valence-electron chi connectivity index (χ0n) is 10.3. The number of hydrogen-bond acceptors (Lipinski definition) is 3. The summed E-state index contributed by atoms with van der Waals surface area (Å²) in [7, 11) is 0. The van der Waals surface area contributed by atoms with Gasteiger partial charge in [-0.25, -0.2) is 0 Å². The highest BCUT2D eigenvalue weighted by molar-refractivity contribution is 7.99. The van der Waals surface area contributed by atoms with Gasteiger partial charge in [0.1, 0.15) is 5.75 Å². The van der Waals surface area contributed by atoms with E-state index in [1.807, 2.05) is 30.8 Å². The number of rotatable bonds is 6. The maximum absolute atomic E-state index is 5.83. The molecular formula is C13H21NOS. The predicted molar refractivity (Wildman–Crippen MR) is 72.3 cm³/mol. The first-order valence-corrected chi connectivity index (χ1v) is 6.87. The van der Waals surface area contributed by atoms with Gasteiger partial charge in [-0.05, 0) is 36.8 Å². The molecule has 0 fully saturated rings. The van der Waals surface area contributed by atoms with Crippen molar-refractivity contribution in [2.75, 3.05) is 18.1 Å². The van der Waals surface area contributed by atoms with E-state index >= 15 is 0 Å². The summed E-state index contributed by atoms with van der Waals surface area (Å²) >= 11 is 1.90. The van der Waals surface area contributed by atoms with E-state index in [1.54, 1.807) is 0 Å². The molecular weight excluding hydrogens is 218 g/mol. The molecule has 3 heteroatoms. The third-order valence-electron chi connectivity index (χ3n) is 2.41. The monoisotopic (exact) mass is 239 g/mol. The average Bonchev–Trinajstić information content (AvgIpc) is 2.26. The maximum atomic E-state index is 5.83. The lowest BCUT2D eigenvalue weighted by atomic mass is 10.1. The average molecular weight is 239 g/mol. The first-order chi connectivity index (χ1) is 7.65. The number of benzene rings is 1. The fraction of sp³-hybridized carbons (Fsp3) is 0.538. The first kappa shape index (κ1) is 13.4. The highest BCUT2D eigenvalue weighted by Gasteiger charge is 2.03. The molecule has 0 aliphatic carbocycles. The Balaban J connectivity index is 2.54. The van der Waals surface area contributed by atoms with E-state index in [0.717, 1.165) is 35.0 Å². The Morgan fingerprint density at radius 3 is 2.75 bits per heavy atom. The molecule has 0 saturated carbocycles. The van der Waals surface area contributed by atoms with Crippen molar-refractivity contribution in [1.82, 2.24) is 0 Å². The van der Waals surface area contributed by atoms with Crippen molar-refractivity contribution >= 4 is 11.8 Å². The minimum atomic E-state index is 0.0865. The van der Waals surface area contributed by atoms with Gasteiger partial charge in [0.15, 0.2) is 0 Å². The van der Waals surface area contributed by atoms with Crippen LogP contribution in [0.25, 0.3) is 0 Å². The third-order valence-corrected chi connectivity index (χ3v) is 3.28. The van der Waals surface area contributed by atoms with Gasteiger partial charge in [-0.3, -0.25) is 0 Å². The van der Waals surface area contributed by atoms with Crippen LogP contribution in [0.4, 0.5) is 0 Å². The molecule has 1 aromatic rings. The lowest BCUT2D eigenvalue weighted by Crippen LogP contribution is -2.06. The van der Waals surface area contributed by atoms with Gasteiger partial charge in [0.25, 0.3) is 0 Å². The summed E-state index contributed by atoms with van der Waals surface area (Å²) in [6, 6.07) is 6.25. The van der Waals surface area contributed by atoms with E-state index in [-0.39, 0.29) is 6.04 Å². The van der Waals surface area contributed by atoms with Crippen molar-refractivity contribution < 1.29 is 4.74 Å². The Bertz CT molecular complexity index is 326. The van der Waals surface area contributed by atoms with Crippen molar-refractivity contribution in [1.29, 1.82) is 0 Å². The van der Waals surface area contributed by atoms with E-state index < -0.39 is 0 Å². The molecule has 0 heterocycles. The van der Waals surface area contributed by atoms with Crippen molar-refractivity contribution in [3.8, 4) is 5.75 Å². The normalized spacial score (nSPS) is 12.5. The van der Waals surface area contributed by atoms with Gasteiger partial charge in [0, 0.05) is 11.8 Å². The number of aryl methyl sites for hydroxylation is 1. The number of nitrogens with two attached hydrogens (primary N) is 1. The van der Waals surface area contributed by atoms with Crippen molar-refractivity contribution in [3.05, 3.63) is 29.3 Å². The van der Waals surface area contributed by atoms with Gasteiger partial charge in [0.05, 0.1) is 6.61 Å². The van der Waals surface area contributed by atoms with E-state index in [9.17, 15) is 0 Å². The van der Waals surface area contributed by atoms with Crippen LogP contribution >= 0.6 is 11.8 Å². The molecule has 16 heavy (non-hydrogen) atoms. The molecule has 1 atom stereocenters. The Labute approximate surface area is 103 Å². The summed E-state index contributed by atoms with van der Waals surface area (Å²) in [5.41, 5.74) is 8.15. The first-order valence-electron chi connectivity index (χ1n) is 5.71. The maximum Gasteiger partial charge on any atom is 0.122 e. The molecule has 0 spiro atoms. The van der Waals surface area contributed by atoms with Gasteiger partial charge in [-0.2, -0.15) is 11.8 Å². The largest absolute Gasteiger partial charge is 0.492 e. The smallest absolute Gasteiger partial charge is 0.122 e. The molecule has 0 radical (unpaired) electrons. The third kappa shape index (κ3) is 4.06. The van der Waals surface area contributed by atoms with Gasteiger partial charge in [-0.15, -0.1) is 0 Å². The summed E-state index contributed by atoms with van der Waals surface area (Å²) in [5.74, 6) is 3.16. The van der Waals surface area contributed by atoms with Crippen LogP contribution in [0.15, 0.2) is 18.2 Å². The van der Waals surface area contributed by atoms with Gasteiger partial charge >= 0.3 is 0 Å². The second kappa shape index (κ2) is 6.81. The van der Waals surface area contributed by atoms with Crippen LogP contribution in [-0.2, 0) is 0 Å². The molecule has 0 aliphatic heterocycles. The Hall–Kier alpha value is -0.670. The fourth-order valence-electron chi connectivity index (χ4n) is 1.47. The standard InChI is InChI=1S/C13H21NOS/c1-4-16-8-7-15-13-6-5-12(11(3)14)9-10(13)2/h5-6,9,11H,4,7-8,14H2,1-3H3. The molecule has 2 N–H and O–H groups in total. The highest BCUT2D eigenvalue weighted by Crippen LogP contribution is 2.21. The van der Waals surface area contributed by atoms with Crippen LogP contribution < -0.4 is 10.5 Å².